The molecular weight excluding hydrogens is 454 g/mol. The molecule has 34 heavy (non-hydrogen) atoms. The second-order valence-electron chi connectivity index (χ2n) is 8.64. The number of aryl methyl sites for hydroxylation is 1. The Kier molecular flexibility index (Phi) is 6.80. The van der Waals surface area contributed by atoms with E-state index in [0.717, 1.165) is 48.3 Å². The Labute approximate surface area is 203 Å². The molecule has 0 aliphatic carbocycles. The normalized spacial score (nSPS) is 17.1. The van der Waals surface area contributed by atoms with Gasteiger partial charge in [-0.3, -0.25) is 4.79 Å². The summed E-state index contributed by atoms with van der Waals surface area (Å²) < 4.78 is 11.7. The first kappa shape index (κ1) is 22.8. The molecule has 1 amide bonds. The van der Waals surface area contributed by atoms with Gasteiger partial charge in [-0.25, -0.2) is 9.97 Å². The van der Waals surface area contributed by atoms with Crippen LogP contribution in [-0.4, -0.2) is 66.3 Å². The lowest BCUT2D eigenvalue weighted by molar-refractivity contribution is 0.0303. The summed E-state index contributed by atoms with van der Waals surface area (Å²) in [5.74, 6) is 1.18. The Morgan fingerprint density at radius 3 is 2.68 bits per heavy atom. The minimum Gasteiger partial charge on any atom is -0.488 e. The highest BCUT2D eigenvalue weighted by molar-refractivity contribution is 6.36. The van der Waals surface area contributed by atoms with Crippen molar-refractivity contribution in [2.75, 3.05) is 44.7 Å². The van der Waals surface area contributed by atoms with Crippen LogP contribution >= 0.6 is 11.6 Å². The summed E-state index contributed by atoms with van der Waals surface area (Å²) in [4.78, 5) is 23.7. The summed E-state index contributed by atoms with van der Waals surface area (Å²) in [7, 11) is 0. The van der Waals surface area contributed by atoms with Crippen molar-refractivity contribution in [2.45, 2.75) is 25.9 Å². The van der Waals surface area contributed by atoms with Crippen LogP contribution in [0.3, 0.4) is 0 Å². The van der Waals surface area contributed by atoms with Crippen LogP contribution < -0.4 is 15.4 Å². The third kappa shape index (κ3) is 4.94. The van der Waals surface area contributed by atoms with Crippen molar-refractivity contribution in [2.24, 2.45) is 0 Å². The van der Waals surface area contributed by atoms with Crippen molar-refractivity contribution in [1.29, 1.82) is 0 Å². The number of hydrogen-bond acceptors (Lipinski definition) is 7. The number of halogens is 1. The fourth-order valence-electron chi connectivity index (χ4n) is 4.29. The molecular formula is C25H28ClN5O3. The first-order chi connectivity index (χ1) is 16.6. The average molecular weight is 482 g/mol. The molecule has 0 unspecified atom stereocenters. The number of carbonyl (C=O) groups excluding carboxylic acids is 1. The molecule has 178 valence electrons. The van der Waals surface area contributed by atoms with Crippen molar-refractivity contribution in [3.05, 3.63) is 52.7 Å². The van der Waals surface area contributed by atoms with Gasteiger partial charge in [0.05, 0.1) is 18.2 Å². The number of hydrogen-bond donors (Lipinski definition) is 2. The number of amides is 1. The van der Waals surface area contributed by atoms with Crippen LogP contribution in [0, 0.1) is 6.92 Å². The molecule has 5 rings (SSSR count). The Morgan fingerprint density at radius 1 is 1.21 bits per heavy atom. The topological polar surface area (TPSA) is 88.6 Å². The van der Waals surface area contributed by atoms with Crippen LogP contribution in [0.2, 0.25) is 5.02 Å². The number of carbonyl (C=O) groups is 1. The molecule has 0 bridgehead atoms. The molecule has 9 heteroatoms. The molecule has 2 saturated heterocycles. The molecule has 2 aliphatic rings. The van der Waals surface area contributed by atoms with Crippen molar-refractivity contribution in [1.82, 2.24) is 20.2 Å². The number of morpholine rings is 1. The van der Waals surface area contributed by atoms with E-state index in [2.05, 4.69) is 15.6 Å². The van der Waals surface area contributed by atoms with Gasteiger partial charge in [-0.05, 0) is 68.8 Å². The number of nitrogens with zero attached hydrogens (tertiary/aromatic N) is 3. The number of aromatic nitrogens is 2. The van der Waals surface area contributed by atoms with Crippen molar-refractivity contribution < 1.29 is 14.3 Å². The third-order valence-corrected chi connectivity index (χ3v) is 6.72. The first-order valence-corrected chi connectivity index (χ1v) is 12.0. The van der Waals surface area contributed by atoms with Gasteiger partial charge < -0.3 is 25.0 Å². The van der Waals surface area contributed by atoms with Gasteiger partial charge in [0.1, 0.15) is 17.4 Å². The van der Waals surface area contributed by atoms with Crippen LogP contribution in [-0.2, 0) is 4.74 Å². The fraction of sp³-hybridized carbons (Fsp3) is 0.400. The largest absolute Gasteiger partial charge is 0.488 e. The molecule has 2 aromatic carbocycles. The number of piperidine rings is 1. The average Bonchev–Trinajstić information content (AvgIpc) is 2.88. The number of benzene rings is 2. The van der Waals surface area contributed by atoms with Gasteiger partial charge in [0.15, 0.2) is 0 Å². The van der Waals surface area contributed by atoms with Crippen LogP contribution in [0.5, 0.6) is 5.75 Å². The molecule has 2 aliphatic heterocycles. The van der Waals surface area contributed by atoms with E-state index in [-0.39, 0.29) is 12.0 Å². The van der Waals surface area contributed by atoms with Gasteiger partial charge in [0.25, 0.3) is 5.91 Å². The van der Waals surface area contributed by atoms with Crippen molar-refractivity contribution in [3.63, 3.8) is 0 Å². The Morgan fingerprint density at radius 2 is 1.94 bits per heavy atom. The lowest BCUT2D eigenvalue weighted by Crippen LogP contribution is -2.40. The summed E-state index contributed by atoms with van der Waals surface area (Å²) in [6, 6.07) is 9.29. The zero-order valence-electron chi connectivity index (χ0n) is 19.1. The Hall–Kier alpha value is -2.94. The molecule has 0 radical (unpaired) electrons. The fourth-order valence-corrected chi connectivity index (χ4v) is 4.48. The number of anilines is 2. The zero-order chi connectivity index (χ0) is 23.5. The molecule has 3 heterocycles. The maximum atomic E-state index is 12.7. The van der Waals surface area contributed by atoms with Crippen LogP contribution in [0.25, 0.3) is 10.9 Å². The predicted octanol–water partition coefficient (Wildman–Crippen LogP) is 3.94. The molecule has 0 saturated carbocycles. The summed E-state index contributed by atoms with van der Waals surface area (Å²) >= 11 is 6.55. The van der Waals surface area contributed by atoms with Gasteiger partial charge >= 0.3 is 0 Å². The highest BCUT2D eigenvalue weighted by Crippen LogP contribution is 2.35. The van der Waals surface area contributed by atoms with Crippen LogP contribution in [0.4, 0.5) is 11.6 Å². The predicted molar refractivity (Wildman–Crippen MR) is 132 cm³/mol. The molecule has 3 aromatic rings. The van der Waals surface area contributed by atoms with E-state index in [4.69, 9.17) is 26.1 Å². The smallest absolute Gasteiger partial charge is 0.254 e. The Balaban J connectivity index is 1.36. The lowest BCUT2D eigenvalue weighted by atomic mass is 10.1. The van der Waals surface area contributed by atoms with Gasteiger partial charge in [-0.1, -0.05) is 11.6 Å². The standard InChI is InChI=1S/C25H28ClN5O3/c1-16-14-21(34-19-6-8-27-9-7-19)23-20(22(16)26)15-28-25(30-23)29-18-4-2-17(3-5-18)24(32)31-10-12-33-13-11-31/h2-5,14-15,19,27H,6-13H2,1H3,(H,28,29,30). The lowest BCUT2D eigenvalue weighted by Gasteiger charge is -2.26. The number of rotatable bonds is 5. The second kappa shape index (κ2) is 10.1. The molecule has 0 spiro atoms. The summed E-state index contributed by atoms with van der Waals surface area (Å²) in [5, 5.41) is 7.98. The first-order valence-electron chi connectivity index (χ1n) is 11.7. The van der Waals surface area contributed by atoms with E-state index in [1.807, 2.05) is 42.2 Å². The van der Waals surface area contributed by atoms with Gasteiger partial charge in [-0.2, -0.15) is 0 Å². The summed E-state index contributed by atoms with van der Waals surface area (Å²) in [5.41, 5.74) is 3.05. The molecule has 2 fully saturated rings. The maximum absolute atomic E-state index is 12.7. The van der Waals surface area contributed by atoms with E-state index >= 15 is 0 Å². The quantitative estimate of drug-likeness (QED) is 0.570. The minimum absolute atomic E-state index is 0.0153. The SMILES string of the molecule is Cc1cc(OC2CCNCC2)c2nc(Nc3ccc(C(=O)N4CCOCC4)cc3)ncc2c1Cl. The van der Waals surface area contributed by atoms with E-state index in [9.17, 15) is 4.79 Å². The second-order valence-corrected chi connectivity index (χ2v) is 9.01. The van der Waals surface area contributed by atoms with E-state index in [0.29, 0.717) is 48.4 Å². The van der Waals surface area contributed by atoms with Gasteiger partial charge in [-0.15, -0.1) is 0 Å². The van der Waals surface area contributed by atoms with Gasteiger partial charge in [0, 0.05) is 35.9 Å². The minimum atomic E-state index is 0.0153. The number of fused-ring (bicyclic) bond motifs is 1. The summed E-state index contributed by atoms with van der Waals surface area (Å²) in [6.45, 7) is 6.25. The van der Waals surface area contributed by atoms with Crippen LogP contribution in [0.1, 0.15) is 28.8 Å². The van der Waals surface area contributed by atoms with E-state index in [1.165, 1.54) is 0 Å². The number of nitrogens with one attached hydrogen (secondary N) is 2. The van der Waals surface area contributed by atoms with Gasteiger partial charge in [0.2, 0.25) is 5.95 Å². The van der Waals surface area contributed by atoms with E-state index in [1.54, 1.807) is 6.20 Å². The highest BCUT2D eigenvalue weighted by atomic mass is 35.5. The molecule has 1 aromatic heterocycles. The highest BCUT2D eigenvalue weighted by Gasteiger charge is 2.20. The zero-order valence-corrected chi connectivity index (χ0v) is 19.9. The maximum Gasteiger partial charge on any atom is 0.254 e. The summed E-state index contributed by atoms with van der Waals surface area (Å²) in [6.07, 6.45) is 3.78. The molecule has 2 N–H and O–H groups in total. The van der Waals surface area contributed by atoms with E-state index < -0.39 is 0 Å². The molecule has 0 atom stereocenters. The monoisotopic (exact) mass is 481 g/mol. The molecule has 8 nitrogen and oxygen atoms in total. The van der Waals surface area contributed by atoms with Crippen molar-refractivity contribution in [3.8, 4) is 5.75 Å². The number of ether oxygens (including phenoxy) is 2. The third-order valence-electron chi connectivity index (χ3n) is 6.22. The Bertz CT molecular complexity index is 1180. The van der Waals surface area contributed by atoms with Crippen molar-refractivity contribution >= 4 is 40.0 Å². The van der Waals surface area contributed by atoms with Crippen LogP contribution in [0.15, 0.2) is 36.5 Å².